The SMILES string of the molecule is CCCNC(=O)N1CCN(S(=O)(=O)c2ccc(OCC)cc2)CC1. The van der Waals surface area contributed by atoms with Crippen molar-refractivity contribution in [3.8, 4) is 5.75 Å². The molecule has 0 saturated carbocycles. The number of rotatable bonds is 6. The summed E-state index contributed by atoms with van der Waals surface area (Å²) in [5.74, 6) is 0.647. The van der Waals surface area contributed by atoms with Gasteiger partial charge in [0.1, 0.15) is 5.75 Å². The lowest BCUT2D eigenvalue weighted by atomic mass is 10.3. The quantitative estimate of drug-likeness (QED) is 0.839. The Bertz CT molecular complexity index is 638. The third-order valence-corrected chi connectivity index (χ3v) is 5.74. The molecule has 1 aliphatic rings. The summed E-state index contributed by atoms with van der Waals surface area (Å²) < 4.78 is 32.1. The number of sulfonamides is 1. The van der Waals surface area contributed by atoms with Crippen LogP contribution in [0, 0.1) is 0 Å². The van der Waals surface area contributed by atoms with Crippen LogP contribution < -0.4 is 10.1 Å². The molecule has 0 radical (unpaired) electrons. The summed E-state index contributed by atoms with van der Waals surface area (Å²) in [5, 5.41) is 2.81. The highest BCUT2D eigenvalue weighted by molar-refractivity contribution is 7.89. The average Bonchev–Trinajstić information content (AvgIpc) is 2.60. The summed E-state index contributed by atoms with van der Waals surface area (Å²) in [7, 11) is -3.54. The van der Waals surface area contributed by atoms with Crippen molar-refractivity contribution in [2.45, 2.75) is 25.2 Å². The molecule has 1 heterocycles. The monoisotopic (exact) mass is 355 g/mol. The van der Waals surface area contributed by atoms with E-state index in [4.69, 9.17) is 4.74 Å². The van der Waals surface area contributed by atoms with E-state index in [-0.39, 0.29) is 10.9 Å². The van der Waals surface area contributed by atoms with E-state index >= 15 is 0 Å². The Labute approximate surface area is 143 Å². The third kappa shape index (κ3) is 4.39. The van der Waals surface area contributed by atoms with Gasteiger partial charge >= 0.3 is 6.03 Å². The number of benzene rings is 1. The fourth-order valence-electron chi connectivity index (χ4n) is 2.50. The smallest absolute Gasteiger partial charge is 0.317 e. The first-order chi connectivity index (χ1) is 11.5. The molecule has 8 heteroatoms. The van der Waals surface area contributed by atoms with Gasteiger partial charge in [-0.1, -0.05) is 6.92 Å². The molecule has 0 bridgehead atoms. The Morgan fingerprint density at radius 1 is 1.12 bits per heavy atom. The third-order valence-electron chi connectivity index (χ3n) is 3.82. The molecule has 0 atom stereocenters. The van der Waals surface area contributed by atoms with E-state index in [2.05, 4.69) is 5.32 Å². The number of hydrogen-bond donors (Lipinski definition) is 1. The summed E-state index contributed by atoms with van der Waals surface area (Å²) in [6.07, 6.45) is 0.873. The predicted octanol–water partition coefficient (Wildman–Crippen LogP) is 1.51. The Hall–Kier alpha value is -1.80. The normalized spacial score (nSPS) is 16.0. The molecule has 1 aromatic rings. The van der Waals surface area contributed by atoms with E-state index in [0.29, 0.717) is 45.1 Å². The molecule has 0 aliphatic carbocycles. The molecule has 1 aromatic carbocycles. The molecule has 1 saturated heterocycles. The van der Waals surface area contributed by atoms with Gasteiger partial charge in [0.15, 0.2) is 0 Å². The summed E-state index contributed by atoms with van der Waals surface area (Å²) in [6, 6.07) is 6.30. The first kappa shape index (κ1) is 18.5. The highest BCUT2D eigenvalue weighted by Gasteiger charge is 2.29. The summed E-state index contributed by atoms with van der Waals surface area (Å²) in [4.78, 5) is 13.8. The molecule has 0 unspecified atom stereocenters. The molecule has 1 aliphatic heterocycles. The molecular weight excluding hydrogens is 330 g/mol. The number of amides is 2. The van der Waals surface area contributed by atoms with Crippen molar-refractivity contribution in [1.82, 2.24) is 14.5 Å². The zero-order valence-electron chi connectivity index (χ0n) is 14.2. The van der Waals surface area contributed by atoms with Crippen molar-refractivity contribution in [3.63, 3.8) is 0 Å². The number of piperazine rings is 1. The minimum atomic E-state index is -3.54. The van der Waals surface area contributed by atoms with Crippen LogP contribution in [0.3, 0.4) is 0 Å². The fraction of sp³-hybridized carbons (Fsp3) is 0.562. The maximum Gasteiger partial charge on any atom is 0.317 e. The van der Waals surface area contributed by atoms with E-state index in [1.165, 1.54) is 4.31 Å². The summed E-state index contributed by atoms with van der Waals surface area (Å²) in [6.45, 7) is 6.42. The molecule has 2 rings (SSSR count). The fourth-order valence-corrected chi connectivity index (χ4v) is 3.92. The van der Waals surface area contributed by atoms with Gasteiger partial charge in [0.25, 0.3) is 0 Å². The van der Waals surface area contributed by atoms with Crippen molar-refractivity contribution < 1.29 is 17.9 Å². The Kier molecular flexibility index (Phi) is 6.44. The van der Waals surface area contributed by atoms with Gasteiger partial charge < -0.3 is 15.0 Å². The van der Waals surface area contributed by atoms with Crippen LogP contribution >= 0.6 is 0 Å². The molecule has 0 spiro atoms. The maximum atomic E-state index is 12.7. The van der Waals surface area contributed by atoms with Crippen LogP contribution in [-0.2, 0) is 10.0 Å². The standard InChI is InChI=1S/C16H25N3O4S/c1-3-9-17-16(20)18-10-12-19(13-11-18)24(21,22)15-7-5-14(6-8-15)23-4-2/h5-8H,3-4,9-13H2,1-2H3,(H,17,20). The van der Waals surface area contributed by atoms with E-state index in [0.717, 1.165) is 6.42 Å². The number of ether oxygens (including phenoxy) is 1. The highest BCUT2D eigenvalue weighted by Crippen LogP contribution is 2.20. The molecular formula is C16H25N3O4S. The first-order valence-electron chi connectivity index (χ1n) is 8.24. The van der Waals surface area contributed by atoms with E-state index in [1.807, 2.05) is 13.8 Å². The number of carbonyl (C=O) groups is 1. The Morgan fingerprint density at radius 2 is 1.75 bits per heavy atom. The molecule has 7 nitrogen and oxygen atoms in total. The van der Waals surface area contributed by atoms with Gasteiger partial charge in [-0.2, -0.15) is 4.31 Å². The second-order valence-corrected chi connectivity index (χ2v) is 7.47. The summed E-state index contributed by atoms with van der Waals surface area (Å²) in [5.41, 5.74) is 0. The minimum absolute atomic E-state index is 0.130. The molecule has 1 fully saturated rings. The van der Waals surface area contributed by atoms with E-state index < -0.39 is 10.0 Å². The van der Waals surface area contributed by atoms with Crippen LogP contribution in [0.5, 0.6) is 5.75 Å². The van der Waals surface area contributed by atoms with Gasteiger partial charge in [0, 0.05) is 32.7 Å². The van der Waals surface area contributed by atoms with Crippen molar-refractivity contribution in [3.05, 3.63) is 24.3 Å². The van der Waals surface area contributed by atoms with Gasteiger partial charge in [-0.25, -0.2) is 13.2 Å². The maximum absolute atomic E-state index is 12.7. The largest absolute Gasteiger partial charge is 0.494 e. The lowest BCUT2D eigenvalue weighted by molar-refractivity contribution is 0.172. The molecule has 134 valence electrons. The number of nitrogens with zero attached hydrogens (tertiary/aromatic N) is 2. The number of urea groups is 1. The molecule has 1 N–H and O–H groups in total. The van der Waals surface area contributed by atoms with Crippen molar-refractivity contribution in [1.29, 1.82) is 0 Å². The second kappa shape index (κ2) is 8.34. The topological polar surface area (TPSA) is 79.0 Å². The average molecular weight is 355 g/mol. The van der Waals surface area contributed by atoms with Crippen LogP contribution in [0.15, 0.2) is 29.2 Å². The molecule has 2 amide bonds. The zero-order valence-corrected chi connectivity index (χ0v) is 15.0. The minimum Gasteiger partial charge on any atom is -0.494 e. The lowest BCUT2D eigenvalue weighted by Gasteiger charge is -2.34. The van der Waals surface area contributed by atoms with Crippen LogP contribution in [0.2, 0.25) is 0 Å². The van der Waals surface area contributed by atoms with E-state index in [9.17, 15) is 13.2 Å². The first-order valence-corrected chi connectivity index (χ1v) is 9.68. The molecule has 0 aromatic heterocycles. The molecule has 24 heavy (non-hydrogen) atoms. The van der Waals surface area contributed by atoms with Crippen LogP contribution in [0.1, 0.15) is 20.3 Å². The van der Waals surface area contributed by atoms with Gasteiger partial charge in [-0.15, -0.1) is 0 Å². The van der Waals surface area contributed by atoms with Crippen LogP contribution in [-0.4, -0.2) is 63.0 Å². The Morgan fingerprint density at radius 3 is 2.29 bits per heavy atom. The predicted molar refractivity (Wildman–Crippen MR) is 91.6 cm³/mol. The van der Waals surface area contributed by atoms with Crippen molar-refractivity contribution in [2.24, 2.45) is 0 Å². The van der Waals surface area contributed by atoms with E-state index in [1.54, 1.807) is 29.2 Å². The Balaban J connectivity index is 1.98. The van der Waals surface area contributed by atoms with Gasteiger partial charge in [0.05, 0.1) is 11.5 Å². The number of carbonyl (C=O) groups excluding carboxylic acids is 1. The highest BCUT2D eigenvalue weighted by atomic mass is 32.2. The lowest BCUT2D eigenvalue weighted by Crippen LogP contribution is -2.53. The second-order valence-electron chi connectivity index (χ2n) is 5.53. The van der Waals surface area contributed by atoms with Crippen LogP contribution in [0.4, 0.5) is 4.79 Å². The van der Waals surface area contributed by atoms with Gasteiger partial charge in [-0.05, 0) is 37.6 Å². The number of nitrogens with one attached hydrogen (secondary N) is 1. The number of hydrogen-bond acceptors (Lipinski definition) is 4. The van der Waals surface area contributed by atoms with Gasteiger partial charge in [0.2, 0.25) is 10.0 Å². The zero-order chi connectivity index (χ0) is 17.6. The summed E-state index contributed by atoms with van der Waals surface area (Å²) >= 11 is 0. The van der Waals surface area contributed by atoms with Crippen molar-refractivity contribution in [2.75, 3.05) is 39.3 Å². The van der Waals surface area contributed by atoms with Gasteiger partial charge in [-0.3, -0.25) is 0 Å². The van der Waals surface area contributed by atoms with Crippen molar-refractivity contribution >= 4 is 16.1 Å². The van der Waals surface area contributed by atoms with Crippen LogP contribution in [0.25, 0.3) is 0 Å².